The number of thiocarbonyl (C=S) groups is 1. The molecule has 2 amide bonds. The minimum atomic E-state index is -0.234. The third-order valence-electron chi connectivity index (χ3n) is 2.99. The van der Waals surface area contributed by atoms with Gasteiger partial charge in [-0.1, -0.05) is 24.4 Å². The Hall–Kier alpha value is -1.95. The van der Waals surface area contributed by atoms with Crippen LogP contribution in [0, 0.1) is 0 Å². The minimum Gasteiger partial charge on any atom is -0.389 e. The quantitative estimate of drug-likeness (QED) is 0.674. The molecule has 5 nitrogen and oxygen atoms in total. The molecule has 0 heterocycles. The summed E-state index contributed by atoms with van der Waals surface area (Å²) in [5.74, 6) is -0.257. The highest BCUT2D eigenvalue weighted by Gasteiger charge is 2.22. The Morgan fingerprint density at radius 2 is 2.00 bits per heavy atom. The molecule has 1 aliphatic carbocycles. The zero-order chi connectivity index (χ0) is 14.5. The summed E-state index contributed by atoms with van der Waals surface area (Å²) in [5, 5.41) is 5.57. The zero-order valence-electron chi connectivity index (χ0n) is 11.0. The van der Waals surface area contributed by atoms with E-state index in [2.05, 4.69) is 10.6 Å². The second-order valence-electron chi connectivity index (χ2n) is 4.79. The fourth-order valence-electron chi connectivity index (χ4n) is 1.73. The van der Waals surface area contributed by atoms with Gasteiger partial charge in [-0.25, -0.2) is 0 Å². The van der Waals surface area contributed by atoms with Gasteiger partial charge in [0.1, 0.15) is 4.99 Å². The molecule has 2 rings (SSSR count). The zero-order valence-corrected chi connectivity index (χ0v) is 11.8. The number of carbonyl (C=O) groups is 2. The number of carbonyl (C=O) groups excluding carboxylic acids is 2. The molecule has 0 bridgehead atoms. The summed E-state index contributed by atoms with van der Waals surface area (Å²) in [6.45, 7) is 0.314. The van der Waals surface area contributed by atoms with Gasteiger partial charge in [0.15, 0.2) is 0 Å². The third kappa shape index (κ3) is 4.31. The summed E-state index contributed by atoms with van der Waals surface area (Å²) in [4.78, 5) is 23.6. The number of hydrogen-bond acceptors (Lipinski definition) is 3. The molecule has 1 aromatic rings. The monoisotopic (exact) mass is 291 g/mol. The summed E-state index contributed by atoms with van der Waals surface area (Å²) >= 11 is 4.87. The topological polar surface area (TPSA) is 84.2 Å². The van der Waals surface area contributed by atoms with Gasteiger partial charge in [-0.2, -0.15) is 0 Å². The van der Waals surface area contributed by atoms with Gasteiger partial charge in [0.25, 0.3) is 5.91 Å². The lowest BCUT2D eigenvalue weighted by molar-refractivity contribution is -0.121. The van der Waals surface area contributed by atoms with Crippen LogP contribution < -0.4 is 16.4 Å². The summed E-state index contributed by atoms with van der Waals surface area (Å²) in [7, 11) is 0. The van der Waals surface area contributed by atoms with Crippen molar-refractivity contribution in [1.29, 1.82) is 0 Å². The first-order valence-electron chi connectivity index (χ1n) is 6.53. The lowest BCUT2D eigenvalue weighted by Gasteiger charge is -2.07. The molecule has 1 aliphatic rings. The molecule has 0 aliphatic heterocycles. The number of benzene rings is 1. The van der Waals surface area contributed by atoms with Crippen molar-refractivity contribution in [3.63, 3.8) is 0 Å². The van der Waals surface area contributed by atoms with Crippen molar-refractivity contribution in [2.75, 3.05) is 6.54 Å². The molecule has 4 N–H and O–H groups in total. The fourth-order valence-corrected chi connectivity index (χ4v) is 1.86. The van der Waals surface area contributed by atoms with Gasteiger partial charge in [0.2, 0.25) is 5.91 Å². The summed E-state index contributed by atoms with van der Waals surface area (Å²) in [5.41, 5.74) is 6.66. The lowest BCUT2D eigenvalue weighted by Crippen LogP contribution is -2.31. The average Bonchev–Trinajstić information content (AvgIpc) is 3.22. The SMILES string of the molecule is NC(=S)c1cccc(C(=O)NCCC(=O)NC2CC2)c1. The Bertz CT molecular complexity index is 541. The number of rotatable bonds is 6. The molecular formula is C14H17N3O2S. The molecule has 0 unspecified atom stereocenters. The van der Waals surface area contributed by atoms with Crippen molar-refractivity contribution in [3.8, 4) is 0 Å². The maximum Gasteiger partial charge on any atom is 0.251 e. The highest BCUT2D eigenvalue weighted by Crippen LogP contribution is 2.18. The van der Waals surface area contributed by atoms with E-state index in [0.29, 0.717) is 23.7 Å². The molecular weight excluding hydrogens is 274 g/mol. The first-order chi connectivity index (χ1) is 9.56. The lowest BCUT2D eigenvalue weighted by atomic mass is 10.1. The van der Waals surface area contributed by atoms with Crippen LogP contribution in [0.15, 0.2) is 24.3 Å². The van der Waals surface area contributed by atoms with E-state index in [-0.39, 0.29) is 23.2 Å². The summed E-state index contributed by atoms with van der Waals surface area (Å²) < 4.78 is 0. The van der Waals surface area contributed by atoms with Gasteiger partial charge >= 0.3 is 0 Å². The fraction of sp³-hybridized carbons (Fsp3) is 0.357. The summed E-state index contributed by atoms with van der Waals surface area (Å²) in [6, 6.07) is 7.15. The maximum atomic E-state index is 11.9. The molecule has 0 aromatic heterocycles. The maximum absolute atomic E-state index is 11.9. The molecule has 1 saturated carbocycles. The molecule has 0 spiro atoms. The second-order valence-corrected chi connectivity index (χ2v) is 5.23. The molecule has 6 heteroatoms. The second kappa shape index (κ2) is 6.47. The van der Waals surface area contributed by atoms with Crippen molar-refractivity contribution >= 4 is 29.0 Å². The van der Waals surface area contributed by atoms with Crippen LogP contribution in [0.5, 0.6) is 0 Å². The number of hydrogen-bond donors (Lipinski definition) is 3. The Labute approximate surface area is 122 Å². The van der Waals surface area contributed by atoms with Crippen molar-refractivity contribution in [3.05, 3.63) is 35.4 Å². The van der Waals surface area contributed by atoms with E-state index < -0.39 is 0 Å². The van der Waals surface area contributed by atoms with E-state index in [1.807, 2.05) is 0 Å². The molecule has 0 saturated heterocycles. The van der Waals surface area contributed by atoms with E-state index in [1.165, 1.54) is 0 Å². The minimum absolute atomic E-state index is 0.0234. The van der Waals surface area contributed by atoms with Crippen LogP contribution in [0.25, 0.3) is 0 Å². The first kappa shape index (κ1) is 14.5. The summed E-state index contributed by atoms with van der Waals surface area (Å²) in [6.07, 6.45) is 2.41. The number of amides is 2. The van der Waals surface area contributed by atoms with E-state index in [0.717, 1.165) is 12.8 Å². The van der Waals surface area contributed by atoms with Gasteiger partial charge in [-0.05, 0) is 25.0 Å². The Morgan fingerprint density at radius 1 is 1.30 bits per heavy atom. The van der Waals surface area contributed by atoms with Crippen LogP contribution in [0.1, 0.15) is 35.2 Å². The Kier molecular flexibility index (Phi) is 4.68. The van der Waals surface area contributed by atoms with Gasteiger partial charge < -0.3 is 16.4 Å². The predicted molar refractivity (Wildman–Crippen MR) is 80.4 cm³/mol. The standard InChI is InChI=1S/C14H17N3O2S/c15-13(20)9-2-1-3-10(8-9)14(19)16-7-6-12(18)17-11-4-5-11/h1-3,8,11H,4-7H2,(H2,15,20)(H,16,19)(H,17,18). The predicted octanol–water partition coefficient (Wildman–Crippen LogP) is 0.719. The molecule has 20 heavy (non-hydrogen) atoms. The third-order valence-corrected chi connectivity index (χ3v) is 3.23. The van der Waals surface area contributed by atoms with Gasteiger partial charge in [-0.3, -0.25) is 9.59 Å². The van der Waals surface area contributed by atoms with Crippen LogP contribution in [-0.2, 0) is 4.79 Å². The van der Waals surface area contributed by atoms with Crippen LogP contribution >= 0.6 is 12.2 Å². The number of nitrogens with two attached hydrogens (primary N) is 1. The van der Waals surface area contributed by atoms with Crippen LogP contribution in [0.3, 0.4) is 0 Å². The van der Waals surface area contributed by atoms with E-state index in [9.17, 15) is 9.59 Å². The van der Waals surface area contributed by atoms with Crippen molar-refractivity contribution in [2.24, 2.45) is 5.73 Å². The van der Waals surface area contributed by atoms with Crippen LogP contribution in [0.4, 0.5) is 0 Å². The van der Waals surface area contributed by atoms with E-state index in [4.69, 9.17) is 18.0 Å². The van der Waals surface area contributed by atoms with Crippen molar-refractivity contribution in [1.82, 2.24) is 10.6 Å². The Balaban J connectivity index is 1.80. The van der Waals surface area contributed by atoms with Crippen molar-refractivity contribution < 1.29 is 9.59 Å². The molecule has 1 aromatic carbocycles. The highest BCUT2D eigenvalue weighted by molar-refractivity contribution is 7.80. The molecule has 1 fully saturated rings. The van der Waals surface area contributed by atoms with E-state index >= 15 is 0 Å². The smallest absolute Gasteiger partial charge is 0.251 e. The number of nitrogens with one attached hydrogen (secondary N) is 2. The molecule has 0 radical (unpaired) electrons. The van der Waals surface area contributed by atoms with Gasteiger partial charge in [-0.15, -0.1) is 0 Å². The largest absolute Gasteiger partial charge is 0.389 e. The van der Waals surface area contributed by atoms with Crippen LogP contribution in [-0.4, -0.2) is 29.4 Å². The molecule has 106 valence electrons. The van der Waals surface area contributed by atoms with E-state index in [1.54, 1.807) is 24.3 Å². The van der Waals surface area contributed by atoms with Crippen LogP contribution in [0.2, 0.25) is 0 Å². The average molecular weight is 291 g/mol. The Morgan fingerprint density at radius 3 is 2.65 bits per heavy atom. The molecule has 0 atom stereocenters. The first-order valence-corrected chi connectivity index (χ1v) is 6.94. The van der Waals surface area contributed by atoms with Gasteiger partial charge in [0, 0.05) is 30.1 Å². The normalized spacial score (nSPS) is 13.6. The highest BCUT2D eigenvalue weighted by atomic mass is 32.1. The van der Waals surface area contributed by atoms with Gasteiger partial charge in [0.05, 0.1) is 0 Å². The van der Waals surface area contributed by atoms with Crippen molar-refractivity contribution in [2.45, 2.75) is 25.3 Å².